The van der Waals surface area contributed by atoms with Crippen LogP contribution < -0.4 is 15.0 Å². The average molecular weight is 471 g/mol. The van der Waals surface area contributed by atoms with Crippen LogP contribution >= 0.6 is 11.6 Å². The van der Waals surface area contributed by atoms with Crippen LogP contribution in [-0.2, 0) is 4.79 Å². The van der Waals surface area contributed by atoms with E-state index in [4.69, 9.17) is 16.3 Å². The molecule has 0 radical (unpaired) electrons. The Morgan fingerprint density at radius 2 is 1.73 bits per heavy atom. The van der Waals surface area contributed by atoms with Crippen molar-refractivity contribution in [3.8, 4) is 5.75 Å². The first kappa shape index (κ1) is 23.2. The second-order valence-electron chi connectivity index (χ2n) is 8.73. The highest BCUT2D eigenvalue weighted by atomic mass is 35.5. The molecule has 4 rings (SSSR count). The number of likely N-dealkylation sites (N-methyl/N-ethyl adjacent to an activating group) is 1. The molecule has 2 heterocycles. The SMILES string of the molecule is CC(=O)N(C)C1CCN(c2ccc(NC(=O)N3CCC(Oc4ccccc4Cl)CC3)cc2)C1. The summed E-state index contributed by atoms with van der Waals surface area (Å²) in [5.74, 6) is 0.791. The van der Waals surface area contributed by atoms with Gasteiger partial charge in [0.05, 0.1) is 11.1 Å². The molecule has 0 bridgehead atoms. The number of hydrogen-bond donors (Lipinski definition) is 1. The number of ether oxygens (including phenoxy) is 1. The zero-order valence-corrected chi connectivity index (χ0v) is 19.9. The number of nitrogens with one attached hydrogen (secondary N) is 1. The minimum atomic E-state index is -0.0942. The maximum Gasteiger partial charge on any atom is 0.321 e. The minimum absolute atomic E-state index is 0.0552. The van der Waals surface area contributed by atoms with Gasteiger partial charge in [0, 0.05) is 64.4 Å². The second kappa shape index (κ2) is 10.3. The van der Waals surface area contributed by atoms with Crippen molar-refractivity contribution >= 4 is 34.9 Å². The zero-order chi connectivity index (χ0) is 23.4. The van der Waals surface area contributed by atoms with Gasteiger partial charge in [-0.05, 0) is 42.8 Å². The summed E-state index contributed by atoms with van der Waals surface area (Å²) >= 11 is 6.18. The van der Waals surface area contributed by atoms with Gasteiger partial charge in [-0.25, -0.2) is 4.79 Å². The number of likely N-dealkylation sites (tertiary alicyclic amines) is 1. The first-order chi connectivity index (χ1) is 15.9. The third kappa shape index (κ3) is 5.71. The van der Waals surface area contributed by atoms with Gasteiger partial charge >= 0.3 is 6.03 Å². The van der Waals surface area contributed by atoms with E-state index in [1.165, 1.54) is 0 Å². The quantitative estimate of drug-likeness (QED) is 0.700. The predicted octanol–water partition coefficient (Wildman–Crippen LogP) is 4.47. The molecule has 1 N–H and O–H groups in total. The Morgan fingerprint density at radius 1 is 1.03 bits per heavy atom. The highest BCUT2D eigenvalue weighted by Gasteiger charge is 2.27. The van der Waals surface area contributed by atoms with Crippen LogP contribution in [0.3, 0.4) is 0 Å². The van der Waals surface area contributed by atoms with E-state index in [9.17, 15) is 9.59 Å². The fourth-order valence-electron chi connectivity index (χ4n) is 4.40. The number of rotatable bonds is 5. The second-order valence-corrected chi connectivity index (χ2v) is 9.14. The van der Waals surface area contributed by atoms with E-state index in [1.807, 2.05) is 65.4 Å². The van der Waals surface area contributed by atoms with E-state index in [1.54, 1.807) is 6.92 Å². The summed E-state index contributed by atoms with van der Waals surface area (Å²) in [5.41, 5.74) is 1.87. The number of amides is 3. The number of para-hydroxylation sites is 1. The number of anilines is 2. The van der Waals surface area contributed by atoms with Crippen LogP contribution in [0.25, 0.3) is 0 Å². The lowest BCUT2D eigenvalue weighted by molar-refractivity contribution is -0.129. The van der Waals surface area contributed by atoms with Crippen LogP contribution in [0.1, 0.15) is 26.2 Å². The van der Waals surface area contributed by atoms with E-state index >= 15 is 0 Å². The van der Waals surface area contributed by atoms with E-state index in [-0.39, 0.29) is 24.1 Å². The summed E-state index contributed by atoms with van der Waals surface area (Å²) in [6.45, 7) is 4.62. The van der Waals surface area contributed by atoms with Crippen molar-refractivity contribution in [1.82, 2.24) is 9.80 Å². The van der Waals surface area contributed by atoms with E-state index in [0.29, 0.717) is 23.9 Å². The fraction of sp³-hybridized carbons (Fsp3) is 0.440. The van der Waals surface area contributed by atoms with Crippen LogP contribution in [0, 0.1) is 0 Å². The summed E-state index contributed by atoms with van der Waals surface area (Å²) in [6.07, 6.45) is 2.55. The molecular formula is C25H31ClN4O3. The van der Waals surface area contributed by atoms with Crippen LogP contribution in [0.15, 0.2) is 48.5 Å². The van der Waals surface area contributed by atoms with Gasteiger partial charge < -0.3 is 24.8 Å². The Morgan fingerprint density at radius 3 is 2.39 bits per heavy atom. The first-order valence-corrected chi connectivity index (χ1v) is 11.8. The number of carbonyl (C=O) groups excluding carboxylic acids is 2. The minimum Gasteiger partial charge on any atom is -0.489 e. The molecule has 33 heavy (non-hydrogen) atoms. The number of piperidine rings is 1. The van der Waals surface area contributed by atoms with Gasteiger partial charge in [0.25, 0.3) is 0 Å². The average Bonchev–Trinajstić information content (AvgIpc) is 3.31. The van der Waals surface area contributed by atoms with E-state index in [2.05, 4.69) is 10.2 Å². The van der Waals surface area contributed by atoms with Crippen molar-refractivity contribution in [3.05, 3.63) is 53.6 Å². The largest absolute Gasteiger partial charge is 0.489 e. The van der Waals surface area contributed by atoms with Crippen molar-refractivity contribution in [2.24, 2.45) is 0 Å². The molecule has 8 heteroatoms. The lowest BCUT2D eigenvalue weighted by Gasteiger charge is -2.32. The third-order valence-corrected chi connectivity index (χ3v) is 6.86. The Bertz CT molecular complexity index is 976. The van der Waals surface area contributed by atoms with Gasteiger partial charge in [0.2, 0.25) is 5.91 Å². The molecule has 2 aliphatic heterocycles. The highest BCUT2D eigenvalue weighted by molar-refractivity contribution is 6.32. The Hall–Kier alpha value is -2.93. The van der Waals surface area contributed by atoms with Gasteiger partial charge in [-0.1, -0.05) is 23.7 Å². The van der Waals surface area contributed by atoms with Gasteiger partial charge in [0.1, 0.15) is 11.9 Å². The van der Waals surface area contributed by atoms with Crippen molar-refractivity contribution in [2.45, 2.75) is 38.3 Å². The molecule has 2 aromatic carbocycles. The number of benzene rings is 2. The lowest BCUT2D eigenvalue weighted by Crippen LogP contribution is -2.43. The molecule has 2 saturated heterocycles. The summed E-state index contributed by atoms with van der Waals surface area (Å²) in [7, 11) is 1.86. The molecule has 176 valence electrons. The number of carbonyl (C=O) groups is 2. The Balaban J connectivity index is 1.25. The van der Waals surface area contributed by atoms with Crippen molar-refractivity contribution < 1.29 is 14.3 Å². The van der Waals surface area contributed by atoms with Gasteiger partial charge in [0.15, 0.2) is 0 Å². The third-order valence-electron chi connectivity index (χ3n) is 6.55. The van der Waals surface area contributed by atoms with Crippen molar-refractivity contribution in [3.63, 3.8) is 0 Å². The maximum atomic E-state index is 12.7. The zero-order valence-electron chi connectivity index (χ0n) is 19.2. The standard InChI is InChI=1S/C25H31ClN4O3/c1-18(31)28(2)21-11-14-30(17-21)20-9-7-19(8-10-20)27-25(32)29-15-12-22(13-16-29)33-24-6-4-3-5-23(24)26/h3-10,21-22H,11-17H2,1-2H3,(H,27,32). The topological polar surface area (TPSA) is 65.1 Å². The molecule has 2 fully saturated rings. The smallest absolute Gasteiger partial charge is 0.321 e. The number of urea groups is 1. The maximum absolute atomic E-state index is 12.7. The predicted molar refractivity (Wildman–Crippen MR) is 131 cm³/mol. The summed E-state index contributed by atoms with van der Waals surface area (Å²) in [5, 5.41) is 3.61. The summed E-state index contributed by atoms with van der Waals surface area (Å²) < 4.78 is 6.01. The van der Waals surface area contributed by atoms with Crippen LogP contribution in [-0.4, -0.2) is 67.1 Å². The molecule has 0 spiro atoms. The number of halogens is 1. The molecule has 2 aromatic rings. The molecular weight excluding hydrogens is 440 g/mol. The lowest BCUT2D eigenvalue weighted by atomic mass is 10.1. The van der Waals surface area contributed by atoms with Crippen LogP contribution in [0.2, 0.25) is 5.02 Å². The molecule has 1 atom stereocenters. The van der Waals surface area contributed by atoms with Gasteiger partial charge in [-0.15, -0.1) is 0 Å². The first-order valence-electron chi connectivity index (χ1n) is 11.5. The molecule has 3 amide bonds. The molecule has 2 aliphatic rings. The Kier molecular flexibility index (Phi) is 7.28. The number of nitrogens with zero attached hydrogens (tertiary/aromatic N) is 3. The summed E-state index contributed by atoms with van der Waals surface area (Å²) in [4.78, 5) is 30.2. The number of hydrogen-bond acceptors (Lipinski definition) is 4. The normalized spacial score (nSPS) is 18.8. The molecule has 1 unspecified atom stereocenters. The molecule has 0 aliphatic carbocycles. The van der Waals surface area contributed by atoms with E-state index in [0.717, 1.165) is 43.7 Å². The molecule has 0 aromatic heterocycles. The Labute approximate surface area is 200 Å². The monoisotopic (exact) mass is 470 g/mol. The van der Waals surface area contributed by atoms with Crippen LogP contribution in [0.5, 0.6) is 5.75 Å². The van der Waals surface area contributed by atoms with Gasteiger partial charge in [-0.3, -0.25) is 4.79 Å². The highest BCUT2D eigenvalue weighted by Crippen LogP contribution is 2.27. The van der Waals surface area contributed by atoms with Crippen molar-refractivity contribution in [2.75, 3.05) is 43.4 Å². The molecule has 0 saturated carbocycles. The fourth-order valence-corrected chi connectivity index (χ4v) is 4.58. The summed E-state index contributed by atoms with van der Waals surface area (Å²) in [6, 6.07) is 15.5. The van der Waals surface area contributed by atoms with Gasteiger partial charge in [-0.2, -0.15) is 0 Å². The van der Waals surface area contributed by atoms with Crippen LogP contribution in [0.4, 0.5) is 16.2 Å². The van der Waals surface area contributed by atoms with E-state index < -0.39 is 0 Å². The molecule has 7 nitrogen and oxygen atoms in total. The van der Waals surface area contributed by atoms with Crippen molar-refractivity contribution in [1.29, 1.82) is 0 Å².